The highest BCUT2D eigenvalue weighted by molar-refractivity contribution is 5.89. The molecule has 1 amide bonds. The second-order valence-corrected chi connectivity index (χ2v) is 7.10. The zero-order valence-electron chi connectivity index (χ0n) is 14.8. The summed E-state index contributed by atoms with van der Waals surface area (Å²) in [7, 11) is 3.76. The van der Waals surface area contributed by atoms with Crippen molar-refractivity contribution >= 4 is 11.8 Å². The first-order valence-corrected chi connectivity index (χ1v) is 8.09. The van der Waals surface area contributed by atoms with E-state index in [2.05, 4.69) is 11.9 Å². The number of rotatable bonds is 3. The second-order valence-electron chi connectivity index (χ2n) is 7.10. The Balaban J connectivity index is 2.38. The Bertz CT molecular complexity index is 517. The van der Waals surface area contributed by atoms with Gasteiger partial charge in [0.1, 0.15) is 5.60 Å². The molecule has 5 nitrogen and oxygen atoms in total. The number of hydrogen-bond donors (Lipinski definition) is 0. The molecule has 1 aliphatic heterocycles. The highest BCUT2D eigenvalue weighted by atomic mass is 16.6. The van der Waals surface area contributed by atoms with Gasteiger partial charge in [0.05, 0.1) is 0 Å². The molecule has 1 aromatic rings. The van der Waals surface area contributed by atoms with Crippen LogP contribution in [0.4, 0.5) is 10.5 Å². The molecule has 1 aliphatic rings. The lowest BCUT2D eigenvalue weighted by Crippen LogP contribution is -2.59. The Morgan fingerprint density at radius 2 is 1.74 bits per heavy atom. The number of amides is 1. The van der Waals surface area contributed by atoms with Crippen molar-refractivity contribution in [2.24, 2.45) is 0 Å². The molecule has 0 aromatic heterocycles. The number of ether oxygens (including phenoxy) is 2. The van der Waals surface area contributed by atoms with Crippen molar-refractivity contribution in [3.05, 3.63) is 30.3 Å². The Labute approximate surface area is 139 Å². The number of hydrogen-bond acceptors (Lipinski definition) is 4. The van der Waals surface area contributed by atoms with Crippen molar-refractivity contribution in [2.75, 3.05) is 32.1 Å². The van der Waals surface area contributed by atoms with Gasteiger partial charge in [0.2, 0.25) is 0 Å². The first-order chi connectivity index (χ1) is 10.8. The standard InChI is InChI=1S/C18H28N2O3/c1-17(2,3)23-16(21)20(15-9-7-6-8-10-15)18(22-5)11-13-19(4)14-12-18/h6-10H,11-14H2,1-5H3. The highest BCUT2D eigenvalue weighted by Gasteiger charge is 2.44. The highest BCUT2D eigenvalue weighted by Crippen LogP contribution is 2.35. The molecule has 1 fully saturated rings. The fourth-order valence-electron chi connectivity index (χ4n) is 2.88. The third-order valence-corrected chi connectivity index (χ3v) is 4.15. The maximum absolute atomic E-state index is 12.9. The molecule has 1 heterocycles. The summed E-state index contributed by atoms with van der Waals surface area (Å²) >= 11 is 0. The first-order valence-electron chi connectivity index (χ1n) is 8.09. The van der Waals surface area contributed by atoms with Gasteiger partial charge in [-0.05, 0) is 40.0 Å². The molecule has 0 bridgehead atoms. The van der Waals surface area contributed by atoms with Crippen LogP contribution in [0.25, 0.3) is 0 Å². The zero-order chi connectivity index (χ0) is 17.1. The van der Waals surface area contributed by atoms with E-state index in [4.69, 9.17) is 9.47 Å². The average molecular weight is 320 g/mol. The van der Waals surface area contributed by atoms with E-state index in [1.54, 1.807) is 12.0 Å². The maximum Gasteiger partial charge on any atom is 0.417 e. The predicted molar refractivity (Wildman–Crippen MR) is 91.6 cm³/mol. The fraction of sp³-hybridized carbons (Fsp3) is 0.611. The number of para-hydroxylation sites is 1. The van der Waals surface area contributed by atoms with E-state index >= 15 is 0 Å². The maximum atomic E-state index is 12.9. The molecule has 1 saturated heterocycles. The van der Waals surface area contributed by atoms with Crippen LogP contribution in [0, 0.1) is 0 Å². The van der Waals surface area contributed by atoms with Gasteiger partial charge in [-0.15, -0.1) is 0 Å². The fourth-order valence-corrected chi connectivity index (χ4v) is 2.88. The topological polar surface area (TPSA) is 42.0 Å². The van der Waals surface area contributed by atoms with Crippen molar-refractivity contribution in [1.82, 2.24) is 4.90 Å². The number of benzene rings is 1. The summed E-state index contributed by atoms with van der Waals surface area (Å²) in [6, 6.07) is 9.62. The van der Waals surface area contributed by atoms with Crippen LogP contribution in [0.5, 0.6) is 0 Å². The van der Waals surface area contributed by atoms with Gasteiger partial charge in [-0.3, -0.25) is 0 Å². The first kappa shape index (κ1) is 17.8. The largest absolute Gasteiger partial charge is 0.443 e. The molecule has 0 spiro atoms. The molecule has 0 N–H and O–H groups in total. The summed E-state index contributed by atoms with van der Waals surface area (Å²) < 4.78 is 11.5. The molecule has 0 saturated carbocycles. The molecule has 0 radical (unpaired) electrons. The van der Waals surface area contributed by atoms with Crippen molar-refractivity contribution in [1.29, 1.82) is 0 Å². The van der Waals surface area contributed by atoms with Crippen molar-refractivity contribution in [3.63, 3.8) is 0 Å². The van der Waals surface area contributed by atoms with Gasteiger partial charge in [0, 0.05) is 38.7 Å². The number of carbonyl (C=O) groups excluding carboxylic acids is 1. The van der Waals surface area contributed by atoms with Crippen molar-refractivity contribution < 1.29 is 14.3 Å². The zero-order valence-corrected chi connectivity index (χ0v) is 14.8. The van der Waals surface area contributed by atoms with E-state index in [9.17, 15) is 4.79 Å². The van der Waals surface area contributed by atoms with E-state index in [0.29, 0.717) is 0 Å². The molecule has 2 rings (SSSR count). The van der Waals surface area contributed by atoms with Gasteiger partial charge in [0.25, 0.3) is 0 Å². The van der Waals surface area contributed by atoms with Crippen LogP contribution in [0.15, 0.2) is 30.3 Å². The third kappa shape index (κ3) is 4.24. The smallest absolute Gasteiger partial charge is 0.417 e. The molecule has 0 atom stereocenters. The van der Waals surface area contributed by atoms with Crippen molar-refractivity contribution in [3.8, 4) is 0 Å². The number of anilines is 1. The summed E-state index contributed by atoms with van der Waals surface area (Å²) in [6.45, 7) is 7.38. The molecule has 1 aromatic carbocycles. The van der Waals surface area contributed by atoms with Crippen LogP contribution in [0.1, 0.15) is 33.6 Å². The molecule has 128 valence electrons. The van der Waals surface area contributed by atoms with E-state index in [0.717, 1.165) is 31.6 Å². The van der Waals surface area contributed by atoms with Crippen LogP contribution < -0.4 is 4.90 Å². The predicted octanol–water partition coefficient (Wildman–Crippen LogP) is 3.50. The van der Waals surface area contributed by atoms with Gasteiger partial charge in [-0.25, -0.2) is 9.69 Å². The van der Waals surface area contributed by atoms with Gasteiger partial charge in [0.15, 0.2) is 5.72 Å². The Morgan fingerprint density at radius 3 is 2.22 bits per heavy atom. The summed E-state index contributed by atoms with van der Waals surface area (Å²) in [6.07, 6.45) is 1.12. The summed E-state index contributed by atoms with van der Waals surface area (Å²) in [5.41, 5.74) is -0.422. The minimum Gasteiger partial charge on any atom is -0.443 e. The Morgan fingerprint density at radius 1 is 1.17 bits per heavy atom. The number of likely N-dealkylation sites (tertiary alicyclic amines) is 1. The van der Waals surface area contributed by atoms with Crippen LogP contribution in [-0.4, -0.2) is 49.6 Å². The summed E-state index contributed by atoms with van der Waals surface area (Å²) in [5.74, 6) is 0. The molecular formula is C18H28N2O3. The number of nitrogens with zero attached hydrogens (tertiary/aromatic N) is 2. The SMILES string of the molecule is COC1(N(C(=O)OC(C)(C)C)c2ccccc2)CCN(C)CC1. The number of methoxy groups -OCH3 is 1. The van der Waals surface area contributed by atoms with E-state index < -0.39 is 11.3 Å². The average Bonchev–Trinajstić information content (AvgIpc) is 2.49. The lowest BCUT2D eigenvalue weighted by atomic mass is 9.98. The summed E-state index contributed by atoms with van der Waals surface area (Å²) in [5, 5.41) is 0. The number of piperidine rings is 1. The third-order valence-electron chi connectivity index (χ3n) is 4.15. The minimum atomic E-state index is -0.670. The summed E-state index contributed by atoms with van der Waals surface area (Å²) in [4.78, 5) is 16.8. The molecule has 0 unspecified atom stereocenters. The minimum absolute atomic E-state index is 0.366. The lowest BCUT2D eigenvalue weighted by Gasteiger charge is -2.46. The Hall–Kier alpha value is -1.59. The van der Waals surface area contributed by atoms with Gasteiger partial charge < -0.3 is 14.4 Å². The second kappa shape index (κ2) is 6.89. The number of carbonyl (C=O) groups is 1. The molecule has 0 aliphatic carbocycles. The van der Waals surface area contributed by atoms with Gasteiger partial charge in [-0.2, -0.15) is 0 Å². The lowest BCUT2D eigenvalue weighted by molar-refractivity contribution is -0.0578. The van der Waals surface area contributed by atoms with Gasteiger partial charge >= 0.3 is 6.09 Å². The van der Waals surface area contributed by atoms with Crippen LogP contribution in [-0.2, 0) is 9.47 Å². The van der Waals surface area contributed by atoms with E-state index in [-0.39, 0.29) is 6.09 Å². The monoisotopic (exact) mass is 320 g/mol. The van der Waals surface area contributed by atoms with Gasteiger partial charge in [-0.1, -0.05) is 18.2 Å². The molecule has 23 heavy (non-hydrogen) atoms. The Kier molecular flexibility index (Phi) is 5.32. The molecule has 5 heteroatoms. The van der Waals surface area contributed by atoms with Crippen molar-refractivity contribution in [2.45, 2.75) is 44.9 Å². The van der Waals surface area contributed by atoms with E-state index in [1.807, 2.05) is 51.1 Å². The normalized spacial score (nSPS) is 18.5. The van der Waals surface area contributed by atoms with Crippen LogP contribution in [0.3, 0.4) is 0 Å². The van der Waals surface area contributed by atoms with Crippen LogP contribution >= 0.6 is 0 Å². The van der Waals surface area contributed by atoms with E-state index in [1.165, 1.54) is 0 Å². The molecular weight excluding hydrogens is 292 g/mol. The van der Waals surface area contributed by atoms with Crippen LogP contribution in [0.2, 0.25) is 0 Å². The quantitative estimate of drug-likeness (QED) is 0.800.